The third-order valence-corrected chi connectivity index (χ3v) is 2.58. The molecule has 0 aliphatic carbocycles. The van der Waals surface area contributed by atoms with E-state index in [4.69, 9.17) is 0 Å². The van der Waals surface area contributed by atoms with Gasteiger partial charge in [-0.05, 0) is 13.3 Å². The molecule has 0 bridgehead atoms. The van der Waals surface area contributed by atoms with Crippen molar-refractivity contribution in [1.82, 2.24) is 9.80 Å². The van der Waals surface area contributed by atoms with Gasteiger partial charge in [0, 0.05) is 26.0 Å². The van der Waals surface area contributed by atoms with Gasteiger partial charge in [-0.15, -0.1) is 17.0 Å². The quantitative estimate of drug-likeness (QED) is 0.707. The summed E-state index contributed by atoms with van der Waals surface area (Å²) >= 11 is 0. The molecule has 0 N–H and O–H groups in total. The van der Waals surface area contributed by atoms with Crippen molar-refractivity contribution in [2.75, 3.05) is 13.6 Å². The minimum Gasteiger partial charge on any atom is -0.359 e. The summed E-state index contributed by atoms with van der Waals surface area (Å²) in [5.41, 5.74) is 0. The Labute approximate surface area is 92.4 Å². The van der Waals surface area contributed by atoms with Crippen LogP contribution >= 0.6 is 17.0 Å². The maximum absolute atomic E-state index is 2.40. The van der Waals surface area contributed by atoms with Gasteiger partial charge in [-0.3, -0.25) is 0 Å². The molecular weight excluding hydrogens is 228 g/mol. The Morgan fingerprint density at radius 3 is 2.38 bits per heavy atom. The highest BCUT2D eigenvalue weighted by Gasteiger charge is 2.16. The number of hydrogen-bond donors (Lipinski definition) is 0. The lowest BCUT2D eigenvalue weighted by molar-refractivity contribution is 0.192. The fourth-order valence-corrected chi connectivity index (χ4v) is 1.48. The summed E-state index contributed by atoms with van der Waals surface area (Å²) in [6.45, 7) is 5.69. The summed E-state index contributed by atoms with van der Waals surface area (Å²) in [7, 11) is 2.13. The van der Waals surface area contributed by atoms with Gasteiger partial charge in [-0.2, -0.15) is 0 Å². The minimum atomic E-state index is 0. The van der Waals surface area contributed by atoms with Crippen molar-refractivity contribution in [3.05, 3.63) is 12.4 Å². The third kappa shape index (κ3) is 3.59. The van der Waals surface area contributed by atoms with Crippen LogP contribution in [0.1, 0.15) is 33.1 Å². The lowest BCUT2D eigenvalue weighted by Crippen LogP contribution is -2.34. The van der Waals surface area contributed by atoms with E-state index in [9.17, 15) is 0 Å². The minimum absolute atomic E-state index is 0. The van der Waals surface area contributed by atoms with Crippen LogP contribution in [-0.4, -0.2) is 29.6 Å². The predicted molar refractivity (Wildman–Crippen MR) is 62.9 cm³/mol. The van der Waals surface area contributed by atoms with Gasteiger partial charge in [0.25, 0.3) is 0 Å². The first-order chi connectivity index (χ1) is 5.75. The molecular formula is C10H21BrN2. The summed E-state index contributed by atoms with van der Waals surface area (Å²) in [6, 6.07) is 0. The number of rotatable bonds is 4. The van der Waals surface area contributed by atoms with Crippen LogP contribution in [0.3, 0.4) is 0 Å². The van der Waals surface area contributed by atoms with E-state index in [1.165, 1.54) is 25.8 Å². The Hall–Kier alpha value is -0.180. The second-order valence-corrected chi connectivity index (χ2v) is 3.54. The van der Waals surface area contributed by atoms with Crippen LogP contribution in [-0.2, 0) is 0 Å². The van der Waals surface area contributed by atoms with E-state index in [2.05, 4.69) is 43.1 Å². The summed E-state index contributed by atoms with van der Waals surface area (Å²) in [4.78, 5) is 4.64. The molecule has 0 saturated heterocycles. The maximum Gasteiger partial charge on any atom is 0.0974 e. The molecule has 78 valence electrons. The topological polar surface area (TPSA) is 6.48 Å². The maximum atomic E-state index is 2.40. The highest BCUT2D eigenvalue weighted by molar-refractivity contribution is 8.93. The summed E-state index contributed by atoms with van der Waals surface area (Å²) in [6.07, 6.45) is 8.88. The highest BCUT2D eigenvalue weighted by Crippen LogP contribution is 2.13. The average molecular weight is 249 g/mol. The van der Waals surface area contributed by atoms with Gasteiger partial charge in [0.2, 0.25) is 0 Å². The Kier molecular flexibility index (Phi) is 6.21. The predicted octanol–water partition coefficient (Wildman–Crippen LogP) is 2.82. The molecule has 3 heteroatoms. The molecule has 0 amide bonds. The summed E-state index contributed by atoms with van der Waals surface area (Å²) in [5.74, 6) is 0. The Balaban J connectivity index is 0.00000144. The Morgan fingerprint density at radius 1 is 1.23 bits per heavy atom. The van der Waals surface area contributed by atoms with Gasteiger partial charge in [0.05, 0.1) is 6.17 Å². The van der Waals surface area contributed by atoms with E-state index in [0.717, 1.165) is 0 Å². The van der Waals surface area contributed by atoms with Crippen LogP contribution in [0.5, 0.6) is 0 Å². The smallest absolute Gasteiger partial charge is 0.0974 e. The van der Waals surface area contributed by atoms with Crippen molar-refractivity contribution in [2.45, 2.75) is 39.3 Å². The van der Waals surface area contributed by atoms with Crippen molar-refractivity contribution in [3.8, 4) is 0 Å². The molecule has 1 rings (SSSR count). The van der Waals surface area contributed by atoms with Gasteiger partial charge < -0.3 is 9.80 Å². The molecule has 1 aliphatic heterocycles. The average Bonchev–Trinajstić information content (AvgIpc) is 2.36. The highest BCUT2D eigenvalue weighted by atomic mass is 79.9. The first kappa shape index (κ1) is 12.8. The van der Waals surface area contributed by atoms with Gasteiger partial charge in [0.15, 0.2) is 0 Å². The fourth-order valence-electron chi connectivity index (χ4n) is 1.48. The van der Waals surface area contributed by atoms with Gasteiger partial charge in [-0.25, -0.2) is 0 Å². The normalized spacial score (nSPS) is 20.7. The molecule has 1 unspecified atom stereocenters. The van der Waals surface area contributed by atoms with Crippen LogP contribution in [0, 0.1) is 0 Å². The fraction of sp³-hybridized carbons (Fsp3) is 0.800. The van der Waals surface area contributed by atoms with Gasteiger partial charge >= 0.3 is 0 Å². The van der Waals surface area contributed by atoms with E-state index in [1.807, 2.05) is 0 Å². The zero-order valence-electron chi connectivity index (χ0n) is 8.86. The van der Waals surface area contributed by atoms with Crippen molar-refractivity contribution in [2.24, 2.45) is 0 Å². The van der Waals surface area contributed by atoms with Crippen LogP contribution in [0.2, 0.25) is 0 Å². The van der Waals surface area contributed by atoms with E-state index < -0.39 is 0 Å². The largest absolute Gasteiger partial charge is 0.359 e. The molecule has 0 aromatic heterocycles. The molecule has 0 aromatic carbocycles. The van der Waals surface area contributed by atoms with Crippen LogP contribution in [0.15, 0.2) is 12.4 Å². The molecule has 13 heavy (non-hydrogen) atoms. The summed E-state index contributed by atoms with van der Waals surface area (Å²) in [5, 5.41) is 0. The first-order valence-electron chi connectivity index (χ1n) is 4.91. The molecule has 1 aliphatic rings. The van der Waals surface area contributed by atoms with E-state index in [1.54, 1.807) is 0 Å². The van der Waals surface area contributed by atoms with Crippen molar-refractivity contribution < 1.29 is 0 Å². The monoisotopic (exact) mass is 248 g/mol. The van der Waals surface area contributed by atoms with E-state index >= 15 is 0 Å². The second-order valence-electron chi connectivity index (χ2n) is 3.54. The van der Waals surface area contributed by atoms with Crippen LogP contribution < -0.4 is 0 Å². The molecule has 1 atom stereocenters. The van der Waals surface area contributed by atoms with E-state index in [0.29, 0.717) is 6.17 Å². The molecule has 0 aromatic rings. The lowest BCUT2D eigenvalue weighted by atomic mass is 10.2. The standard InChI is InChI=1S/C10H20N2.BrH/c1-4-5-6-7-12-9-8-11(3)10(12)2;/h8-10H,4-7H2,1-3H3;1H. The molecule has 0 saturated carbocycles. The SMILES string of the molecule is Br.CCCCCN1C=CN(C)C1C. The molecule has 2 nitrogen and oxygen atoms in total. The van der Waals surface area contributed by atoms with E-state index in [-0.39, 0.29) is 17.0 Å². The van der Waals surface area contributed by atoms with Gasteiger partial charge in [-0.1, -0.05) is 19.8 Å². The number of unbranched alkanes of at least 4 members (excludes halogenated alkanes) is 2. The second kappa shape index (κ2) is 6.30. The van der Waals surface area contributed by atoms with Crippen molar-refractivity contribution in [1.29, 1.82) is 0 Å². The number of halogens is 1. The zero-order valence-corrected chi connectivity index (χ0v) is 10.6. The molecule has 1 heterocycles. The Morgan fingerprint density at radius 2 is 1.92 bits per heavy atom. The Bertz CT molecular complexity index is 159. The first-order valence-corrected chi connectivity index (χ1v) is 4.91. The molecule has 0 fully saturated rings. The zero-order chi connectivity index (χ0) is 8.97. The van der Waals surface area contributed by atoms with Crippen molar-refractivity contribution >= 4 is 17.0 Å². The lowest BCUT2D eigenvalue weighted by Gasteiger charge is -2.26. The van der Waals surface area contributed by atoms with Gasteiger partial charge in [0.1, 0.15) is 0 Å². The number of hydrogen-bond acceptors (Lipinski definition) is 2. The summed E-state index contributed by atoms with van der Waals surface area (Å²) < 4.78 is 0. The molecule has 0 spiro atoms. The molecule has 0 radical (unpaired) electrons. The van der Waals surface area contributed by atoms with Crippen molar-refractivity contribution in [3.63, 3.8) is 0 Å². The van der Waals surface area contributed by atoms with Crippen LogP contribution in [0.25, 0.3) is 0 Å². The third-order valence-electron chi connectivity index (χ3n) is 2.58. The van der Waals surface area contributed by atoms with Crippen LogP contribution in [0.4, 0.5) is 0 Å². The number of nitrogens with zero attached hydrogens (tertiary/aromatic N) is 2.